The summed E-state index contributed by atoms with van der Waals surface area (Å²) in [4.78, 5) is 35.4. The fourth-order valence-electron chi connectivity index (χ4n) is 3.53. The number of carboxylic acids is 1. The average Bonchev–Trinajstić information content (AvgIpc) is 2.87. The van der Waals surface area contributed by atoms with Gasteiger partial charge < -0.3 is 19.7 Å². The van der Waals surface area contributed by atoms with E-state index in [4.69, 9.17) is 14.6 Å². The van der Waals surface area contributed by atoms with E-state index in [0.717, 1.165) is 6.08 Å². The number of hydrogen-bond donors (Lipinski definition) is 3. The van der Waals surface area contributed by atoms with Crippen LogP contribution in [-0.2, 0) is 9.53 Å². The molecule has 0 aliphatic heterocycles. The van der Waals surface area contributed by atoms with E-state index in [0.29, 0.717) is 33.5 Å². The summed E-state index contributed by atoms with van der Waals surface area (Å²) in [6.45, 7) is 1.45. The summed E-state index contributed by atoms with van der Waals surface area (Å²) >= 11 is 3.39. The molecule has 1 amide bonds. The second kappa shape index (κ2) is 13.3. The smallest absolute Gasteiger partial charge is 0.412 e. The van der Waals surface area contributed by atoms with Crippen LogP contribution >= 0.6 is 15.9 Å². The van der Waals surface area contributed by atoms with Gasteiger partial charge in [-0.1, -0.05) is 40.2 Å². The molecule has 37 heavy (non-hydrogen) atoms. The third-order valence-corrected chi connectivity index (χ3v) is 5.81. The van der Waals surface area contributed by atoms with Crippen LogP contribution in [0.5, 0.6) is 11.5 Å². The summed E-state index contributed by atoms with van der Waals surface area (Å²) in [6.07, 6.45) is 0.450. The molecule has 0 spiro atoms. The maximum absolute atomic E-state index is 12.9. The van der Waals surface area contributed by atoms with Gasteiger partial charge in [0, 0.05) is 27.4 Å². The van der Waals surface area contributed by atoms with Gasteiger partial charge in [-0.05, 0) is 74.4 Å². The summed E-state index contributed by atoms with van der Waals surface area (Å²) in [6, 6.07) is 20.0. The van der Waals surface area contributed by atoms with E-state index in [2.05, 4.69) is 21.2 Å². The Bertz CT molecular complexity index is 1260. The molecule has 0 saturated heterocycles. The summed E-state index contributed by atoms with van der Waals surface area (Å²) in [5.74, 6) is -0.766. The number of phenols is 1. The number of anilines is 1. The first-order valence-corrected chi connectivity index (χ1v) is 12.2. The highest BCUT2D eigenvalue weighted by atomic mass is 79.9. The largest absolute Gasteiger partial charge is 0.508 e. The summed E-state index contributed by atoms with van der Waals surface area (Å²) < 4.78 is 12.6. The Labute approximate surface area is 222 Å². The number of halogens is 1. The van der Waals surface area contributed by atoms with Gasteiger partial charge in [-0.25, -0.2) is 9.59 Å². The van der Waals surface area contributed by atoms with Gasteiger partial charge in [-0.15, -0.1) is 0 Å². The van der Waals surface area contributed by atoms with Gasteiger partial charge in [-0.3, -0.25) is 10.1 Å². The van der Waals surface area contributed by atoms with Crippen molar-refractivity contribution in [2.24, 2.45) is 0 Å². The number of para-hydroxylation sites is 1. The molecule has 8 nitrogen and oxygen atoms in total. The van der Waals surface area contributed by atoms with Crippen molar-refractivity contribution in [1.29, 1.82) is 0 Å². The van der Waals surface area contributed by atoms with E-state index in [1.165, 1.54) is 19.1 Å². The molecule has 0 radical (unpaired) electrons. The Morgan fingerprint density at radius 3 is 2.38 bits per heavy atom. The van der Waals surface area contributed by atoms with E-state index in [-0.39, 0.29) is 18.0 Å². The number of carbonyl (C=O) groups is 3. The van der Waals surface area contributed by atoms with E-state index < -0.39 is 24.3 Å². The van der Waals surface area contributed by atoms with Crippen LogP contribution in [0.1, 0.15) is 41.8 Å². The van der Waals surface area contributed by atoms with Crippen molar-refractivity contribution in [3.05, 3.63) is 101 Å². The van der Waals surface area contributed by atoms with Crippen LogP contribution < -0.4 is 10.1 Å². The monoisotopic (exact) mass is 567 g/mol. The van der Waals surface area contributed by atoms with Gasteiger partial charge in [0.05, 0.1) is 0 Å². The van der Waals surface area contributed by atoms with Crippen LogP contribution in [0.4, 0.5) is 10.5 Å². The average molecular weight is 568 g/mol. The number of aliphatic carboxylic acids is 1. The van der Waals surface area contributed by atoms with Crippen molar-refractivity contribution in [2.45, 2.75) is 32.0 Å². The molecular weight excluding hydrogens is 542 g/mol. The third-order valence-electron chi connectivity index (χ3n) is 5.31. The van der Waals surface area contributed by atoms with Gasteiger partial charge >= 0.3 is 12.1 Å². The molecule has 3 aromatic carbocycles. The Morgan fingerprint density at radius 1 is 1.03 bits per heavy atom. The Kier molecular flexibility index (Phi) is 9.85. The van der Waals surface area contributed by atoms with Crippen molar-refractivity contribution in [3.63, 3.8) is 0 Å². The van der Waals surface area contributed by atoms with Crippen LogP contribution in [0.15, 0.2) is 89.4 Å². The number of benzene rings is 3. The summed E-state index contributed by atoms with van der Waals surface area (Å²) in [7, 11) is 0. The maximum atomic E-state index is 12.9. The normalized spacial score (nSPS) is 12.5. The molecule has 0 aliphatic carbocycles. The SMILES string of the molecule is CC(=O)c1ccc(NC(=O)O[C@H](c2cc(Br)ccc2O)[C@@H](CC/C=C/C(=O)O)Oc2ccccc2)cc1. The fraction of sp³-hybridized carbons (Fsp3) is 0.179. The summed E-state index contributed by atoms with van der Waals surface area (Å²) in [5.41, 5.74) is 1.22. The van der Waals surface area contributed by atoms with Gasteiger partial charge in [0.1, 0.15) is 17.6 Å². The third kappa shape index (κ3) is 8.50. The highest BCUT2D eigenvalue weighted by molar-refractivity contribution is 9.10. The number of Topliss-reactive ketones (excluding diaryl/α,β-unsaturated/α-hetero) is 1. The topological polar surface area (TPSA) is 122 Å². The minimum atomic E-state index is -1.08. The summed E-state index contributed by atoms with van der Waals surface area (Å²) in [5, 5.41) is 22.2. The minimum Gasteiger partial charge on any atom is -0.508 e. The molecule has 0 fully saturated rings. The second-order valence-corrected chi connectivity index (χ2v) is 8.99. The molecule has 0 aliphatic rings. The number of ether oxygens (including phenoxy) is 2. The number of hydrogen-bond acceptors (Lipinski definition) is 6. The maximum Gasteiger partial charge on any atom is 0.412 e. The van der Waals surface area contributed by atoms with Gasteiger partial charge in [0.2, 0.25) is 0 Å². The van der Waals surface area contributed by atoms with Crippen molar-refractivity contribution in [1.82, 2.24) is 0 Å². The number of ketones is 1. The first-order valence-electron chi connectivity index (χ1n) is 11.4. The van der Waals surface area contributed by atoms with Gasteiger partial charge in [0.15, 0.2) is 11.9 Å². The molecule has 192 valence electrons. The van der Waals surface area contributed by atoms with Crippen LogP contribution in [0.3, 0.4) is 0 Å². The Hall–Kier alpha value is -4.11. The molecule has 3 N–H and O–H groups in total. The Morgan fingerprint density at radius 2 is 1.73 bits per heavy atom. The first kappa shape index (κ1) is 27.5. The first-order chi connectivity index (χ1) is 17.7. The number of nitrogens with one attached hydrogen (secondary N) is 1. The van der Waals surface area contributed by atoms with E-state index >= 15 is 0 Å². The lowest BCUT2D eigenvalue weighted by molar-refractivity contribution is -0.131. The van der Waals surface area contributed by atoms with Crippen LogP contribution in [0, 0.1) is 0 Å². The van der Waals surface area contributed by atoms with Crippen LogP contribution in [0.25, 0.3) is 0 Å². The predicted octanol–water partition coefficient (Wildman–Crippen LogP) is 6.52. The zero-order valence-corrected chi connectivity index (χ0v) is 21.6. The molecule has 0 saturated carbocycles. The minimum absolute atomic E-state index is 0.0998. The van der Waals surface area contributed by atoms with Gasteiger partial charge in [-0.2, -0.15) is 0 Å². The molecular formula is C28H26BrNO7. The fourth-order valence-corrected chi connectivity index (χ4v) is 3.91. The van der Waals surface area contributed by atoms with Crippen LogP contribution in [0.2, 0.25) is 0 Å². The predicted molar refractivity (Wildman–Crippen MR) is 142 cm³/mol. The zero-order valence-electron chi connectivity index (χ0n) is 20.0. The van der Waals surface area contributed by atoms with Crippen LogP contribution in [-0.4, -0.2) is 34.2 Å². The van der Waals surface area contributed by atoms with E-state index in [9.17, 15) is 19.5 Å². The zero-order chi connectivity index (χ0) is 26.8. The number of rotatable bonds is 11. The standard InChI is InChI=1S/C28H26BrNO7/c1-18(31)19-11-14-21(15-12-19)30-28(35)37-27(23-17-20(29)13-16-24(23)32)25(9-5-6-10-26(33)34)36-22-7-3-2-4-8-22/h2-4,6-8,10-17,25,27,32H,5,9H2,1H3,(H,30,35)(H,33,34)/b10-6+/t25-,27-/m1/s1. The molecule has 3 aromatic rings. The number of carboxylic acid groups (broad SMARTS) is 1. The van der Waals surface area contributed by atoms with E-state index in [1.807, 2.05) is 6.07 Å². The molecule has 0 unspecified atom stereocenters. The highest BCUT2D eigenvalue weighted by Crippen LogP contribution is 2.35. The number of allylic oxidation sites excluding steroid dienone is 1. The Balaban J connectivity index is 1.91. The van der Waals surface area contributed by atoms with E-state index in [1.54, 1.807) is 60.7 Å². The van der Waals surface area contributed by atoms with Gasteiger partial charge in [0.25, 0.3) is 0 Å². The molecule has 2 atom stereocenters. The van der Waals surface area contributed by atoms with Crippen molar-refractivity contribution in [2.75, 3.05) is 5.32 Å². The highest BCUT2D eigenvalue weighted by Gasteiger charge is 2.31. The number of phenolic OH excluding ortho intramolecular Hbond substituents is 1. The molecule has 9 heteroatoms. The lowest BCUT2D eigenvalue weighted by Gasteiger charge is -2.28. The molecule has 0 aromatic heterocycles. The number of aromatic hydroxyl groups is 1. The van der Waals surface area contributed by atoms with Crippen molar-refractivity contribution >= 4 is 39.5 Å². The quantitative estimate of drug-likeness (QED) is 0.178. The van der Waals surface area contributed by atoms with Crippen molar-refractivity contribution in [3.8, 4) is 11.5 Å². The lowest BCUT2D eigenvalue weighted by atomic mass is 9.99. The second-order valence-electron chi connectivity index (χ2n) is 8.07. The number of carbonyl (C=O) groups excluding carboxylic acids is 2. The van der Waals surface area contributed by atoms with Crippen molar-refractivity contribution < 1.29 is 34.1 Å². The molecule has 0 heterocycles. The number of amides is 1. The lowest BCUT2D eigenvalue weighted by Crippen LogP contribution is -2.31. The molecule has 3 rings (SSSR count). The molecule has 0 bridgehead atoms.